The molecule has 0 amide bonds. The van der Waals surface area contributed by atoms with Crippen LogP contribution >= 0.6 is 0 Å². The molecule has 0 N–H and O–H groups in total. The van der Waals surface area contributed by atoms with Crippen molar-refractivity contribution in [2.45, 2.75) is 6.42 Å². The molecule has 1 heterocycles. The summed E-state index contributed by atoms with van der Waals surface area (Å²) in [5.74, 6) is 3.30. The molecule has 1 aliphatic heterocycles. The van der Waals surface area contributed by atoms with Crippen molar-refractivity contribution in [3.8, 4) is 12.3 Å². The van der Waals surface area contributed by atoms with E-state index < -0.39 is 9.84 Å². The maximum absolute atomic E-state index is 10.5. The number of sulfone groups is 1. The van der Waals surface area contributed by atoms with Gasteiger partial charge in [-0.05, 0) is 5.92 Å². The summed E-state index contributed by atoms with van der Waals surface area (Å²) in [5.41, 5.74) is 0. The van der Waals surface area contributed by atoms with Crippen LogP contribution in [0.25, 0.3) is 0 Å². The summed E-state index contributed by atoms with van der Waals surface area (Å²) in [6, 6.07) is 0. The largest absolute Gasteiger partial charge is 0.229 e. The van der Waals surface area contributed by atoms with Crippen molar-refractivity contribution in [3.63, 3.8) is 0 Å². The molecule has 0 saturated carbocycles. The molecule has 50 valence electrons. The van der Waals surface area contributed by atoms with Gasteiger partial charge >= 0.3 is 0 Å². The standard InChI is InChI=1S/C6H8O2S/c1-2-3-6-4-9(7,8)5-6/h1,6H,3-5H2. The Balaban J connectivity index is 2.38. The Hall–Kier alpha value is -0.490. The van der Waals surface area contributed by atoms with E-state index in [0.717, 1.165) is 0 Å². The van der Waals surface area contributed by atoms with E-state index in [-0.39, 0.29) is 5.92 Å². The van der Waals surface area contributed by atoms with Crippen LogP contribution in [0, 0.1) is 18.3 Å². The van der Waals surface area contributed by atoms with Crippen LogP contribution in [0.5, 0.6) is 0 Å². The van der Waals surface area contributed by atoms with Crippen LogP contribution in [0.1, 0.15) is 6.42 Å². The molecule has 0 aromatic carbocycles. The maximum atomic E-state index is 10.5. The summed E-state index contributed by atoms with van der Waals surface area (Å²) >= 11 is 0. The Labute approximate surface area is 55.2 Å². The molecule has 9 heavy (non-hydrogen) atoms. The van der Waals surface area contributed by atoms with E-state index >= 15 is 0 Å². The molecule has 2 nitrogen and oxygen atoms in total. The van der Waals surface area contributed by atoms with E-state index in [4.69, 9.17) is 6.42 Å². The van der Waals surface area contributed by atoms with Gasteiger partial charge in [0.2, 0.25) is 0 Å². The van der Waals surface area contributed by atoms with Gasteiger partial charge in [0, 0.05) is 6.42 Å². The molecule has 0 atom stereocenters. The first-order chi connectivity index (χ1) is 4.14. The topological polar surface area (TPSA) is 34.1 Å². The van der Waals surface area contributed by atoms with E-state index in [1.54, 1.807) is 0 Å². The van der Waals surface area contributed by atoms with Gasteiger partial charge in [-0.15, -0.1) is 12.3 Å². The molecular weight excluding hydrogens is 136 g/mol. The second-order valence-electron chi connectivity index (χ2n) is 2.35. The van der Waals surface area contributed by atoms with Gasteiger partial charge in [0.15, 0.2) is 9.84 Å². The lowest BCUT2D eigenvalue weighted by molar-refractivity contribution is 0.528. The van der Waals surface area contributed by atoms with Crippen LogP contribution in [0.4, 0.5) is 0 Å². The first-order valence-corrected chi connectivity index (χ1v) is 4.60. The summed E-state index contributed by atoms with van der Waals surface area (Å²) in [7, 11) is -2.65. The Morgan fingerprint density at radius 3 is 2.44 bits per heavy atom. The van der Waals surface area contributed by atoms with E-state index in [9.17, 15) is 8.42 Å². The fraction of sp³-hybridized carbons (Fsp3) is 0.667. The lowest BCUT2D eigenvalue weighted by atomic mass is 10.1. The fourth-order valence-electron chi connectivity index (χ4n) is 0.954. The normalized spacial score (nSPS) is 24.3. The van der Waals surface area contributed by atoms with Gasteiger partial charge in [-0.2, -0.15) is 0 Å². The summed E-state index contributed by atoms with van der Waals surface area (Å²) in [6.07, 6.45) is 5.59. The Bertz CT molecular complexity index is 220. The first kappa shape index (κ1) is 6.63. The summed E-state index contributed by atoms with van der Waals surface area (Å²) < 4.78 is 21.0. The van der Waals surface area contributed by atoms with Crippen LogP contribution in [-0.2, 0) is 9.84 Å². The second-order valence-corrected chi connectivity index (χ2v) is 4.50. The van der Waals surface area contributed by atoms with Crippen molar-refractivity contribution < 1.29 is 8.42 Å². The van der Waals surface area contributed by atoms with Gasteiger partial charge < -0.3 is 0 Å². The zero-order valence-electron chi connectivity index (χ0n) is 5.00. The summed E-state index contributed by atoms with van der Waals surface area (Å²) in [4.78, 5) is 0. The van der Waals surface area contributed by atoms with Gasteiger partial charge in [-0.1, -0.05) is 0 Å². The molecule has 3 heteroatoms. The molecule has 0 radical (unpaired) electrons. The molecular formula is C6H8O2S. The summed E-state index contributed by atoms with van der Waals surface area (Å²) in [6.45, 7) is 0. The molecule has 0 spiro atoms. The average Bonchev–Trinajstić information content (AvgIpc) is 1.62. The maximum Gasteiger partial charge on any atom is 0.150 e. The first-order valence-electron chi connectivity index (χ1n) is 2.78. The molecule has 0 bridgehead atoms. The number of hydrogen-bond acceptors (Lipinski definition) is 2. The molecule has 0 unspecified atom stereocenters. The Morgan fingerprint density at radius 2 is 2.11 bits per heavy atom. The molecule has 0 aromatic rings. The smallest absolute Gasteiger partial charge is 0.150 e. The van der Waals surface area contributed by atoms with Crippen molar-refractivity contribution in [1.29, 1.82) is 0 Å². The van der Waals surface area contributed by atoms with E-state index in [0.29, 0.717) is 17.9 Å². The molecule has 1 fully saturated rings. The number of hydrogen-bond donors (Lipinski definition) is 0. The highest BCUT2D eigenvalue weighted by Gasteiger charge is 2.32. The minimum absolute atomic E-state index is 0.250. The Kier molecular flexibility index (Phi) is 1.50. The third-order valence-electron chi connectivity index (χ3n) is 1.39. The lowest BCUT2D eigenvalue weighted by Crippen LogP contribution is -2.35. The highest BCUT2D eigenvalue weighted by atomic mass is 32.2. The SMILES string of the molecule is C#CCC1CS(=O)(=O)C1. The predicted octanol–water partition coefficient (Wildman–Crippen LogP) is 0.0543. The molecule has 1 aliphatic rings. The molecule has 0 aliphatic carbocycles. The number of rotatable bonds is 1. The van der Waals surface area contributed by atoms with Crippen LogP contribution in [0.2, 0.25) is 0 Å². The molecule has 1 rings (SSSR count). The van der Waals surface area contributed by atoms with E-state index in [2.05, 4.69) is 5.92 Å². The zero-order chi connectivity index (χ0) is 6.91. The third-order valence-corrected chi connectivity index (χ3v) is 3.34. The van der Waals surface area contributed by atoms with Crippen molar-refractivity contribution in [2.24, 2.45) is 5.92 Å². The second kappa shape index (κ2) is 2.03. The fourth-order valence-corrected chi connectivity index (χ4v) is 2.53. The van der Waals surface area contributed by atoms with Gasteiger partial charge in [0.25, 0.3) is 0 Å². The van der Waals surface area contributed by atoms with E-state index in [1.807, 2.05) is 0 Å². The van der Waals surface area contributed by atoms with Crippen molar-refractivity contribution in [1.82, 2.24) is 0 Å². The van der Waals surface area contributed by atoms with Gasteiger partial charge in [0.1, 0.15) is 0 Å². The van der Waals surface area contributed by atoms with E-state index in [1.165, 1.54) is 0 Å². The van der Waals surface area contributed by atoms with Crippen LogP contribution in [0.15, 0.2) is 0 Å². The molecule has 1 saturated heterocycles. The third kappa shape index (κ3) is 1.46. The van der Waals surface area contributed by atoms with Crippen molar-refractivity contribution in [3.05, 3.63) is 0 Å². The van der Waals surface area contributed by atoms with Crippen molar-refractivity contribution >= 4 is 9.84 Å². The van der Waals surface area contributed by atoms with Crippen LogP contribution in [-0.4, -0.2) is 19.9 Å². The lowest BCUT2D eigenvalue weighted by Gasteiger charge is -2.22. The molecule has 0 aromatic heterocycles. The van der Waals surface area contributed by atoms with Gasteiger partial charge in [-0.3, -0.25) is 0 Å². The van der Waals surface area contributed by atoms with Crippen LogP contribution < -0.4 is 0 Å². The average molecular weight is 144 g/mol. The predicted molar refractivity (Wildman–Crippen MR) is 35.6 cm³/mol. The highest BCUT2D eigenvalue weighted by molar-refractivity contribution is 7.92. The minimum atomic E-state index is -2.65. The Morgan fingerprint density at radius 1 is 1.56 bits per heavy atom. The highest BCUT2D eigenvalue weighted by Crippen LogP contribution is 2.20. The van der Waals surface area contributed by atoms with Crippen LogP contribution in [0.3, 0.4) is 0 Å². The van der Waals surface area contributed by atoms with Gasteiger partial charge in [0.05, 0.1) is 11.5 Å². The quantitative estimate of drug-likeness (QED) is 0.487. The monoisotopic (exact) mass is 144 g/mol. The van der Waals surface area contributed by atoms with Crippen molar-refractivity contribution in [2.75, 3.05) is 11.5 Å². The zero-order valence-corrected chi connectivity index (χ0v) is 5.82. The van der Waals surface area contributed by atoms with Gasteiger partial charge in [-0.25, -0.2) is 8.42 Å². The number of terminal acetylenes is 1. The minimum Gasteiger partial charge on any atom is -0.229 e. The summed E-state index contributed by atoms with van der Waals surface area (Å²) in [5, 5.41) is 0.